The topological polar surface area (TPSA) is 255 Å². The molecule has 0 aromatic carbocycles. The summed E-state index contributed by atoms with van der Waals surface area (Å²) in [4.78, 5) is 77.7. The van der Waals surface area contributed by atoms with Crippen molar-refractivity contribution in [2.24, 2.45) is 0 Å². The maximum atomic E-state index is 14.8. The second-order valence-corrected chi connectivity index (χ2v) is 30.7. The van der Waals surface area contributed by atoms with Gasteiger partial charge in [-0.2, -0.15) is 0 Å². The number of nitrogens with one attached hydrogen (secondary N) is 2. The molecule has 0 bridgehead atoms. The highest BCUT2D eigenvalue weighted by Gasteiger charge is 2.52. The van der Waals surface area contributed by atoms with E-state index in [0.717, 1.165) is 148 Å². The number of phosphoric acid groups is 1. The van der Waals surface area contributed by atoms with Crippen molar-refractivity contribution < 1.29 is 76.7 Å². The van der Waals surface area contributed by atoms with Crippen molar-refractivity contribution in [2.75, 3.05) is 33.0 Å². The fourth-order valence-corrected chi connectivity index (χ4v) is 14.2. The Hall–Kier alpha value is -2.25. The number of aliphatic carboxylic acids is 1. The minimum atomic E-state index is -5.44. The average molecular weight is 1450 g/mol. The van der Waals surface area contributed by atoms with Gasteiger partial charge in [-0.1, -0.05) is 350 Å². The lowest BCUT2D eigenvalue weighted by molar-refractivity contribution is -0.272. The quantitative estimate of drug-likeness (QED) is 0.0188. The number of carboxylic acid groups (broad SMARTS) is 1. The van der Waals surface area contributed by atoms with E-state index < -0.39 is 99.8 Å². The van der Waals surface area contributed by atoms with Gasteiger partial charge >= 0.3 is 19.8 Å². The van der Waals surface area contributed by atoms with Crippen molar-refractivity contribution in [1.29, 1.82) is 0 Å². The number of rotatable bonds is 76. The third kappa shape index (κ3) is 56.1. The Labute approximate surface area is 611 Å². The number of aliphatic hydroxyl groups is 1. The van der Waals surface area contributed by atoms with Crippen molar-refractivity contribution >= 4 is 31.6 Å². The number of carbonyl (C=O) groups excluding carboxylic acids is 3. The molecule has 592 valence electrons. The lowest BCUT2D eigenvalue weighted by Gasteiger charge is -2.45. The predicted molar refractivity (Wildman–Crippen MR) is 406 cm³/mol. The monoisotopic (exact) mass is 1450 g/mol. The molecule has 1 rings (SSSR count). The highest BCUT2D eigenvalue weighted by Crippen LogP contribution is 2.42. The Morgan fingerprint density at radius 2 is 0.710 bits per heavy atom. The molecular formula is C81H157N2O16P. The highest BCUT2D eigenvalue weighted by atomic mass is 31.2. The second-order valence-electron chi connectivity index (χ2n) is 29.5. The van der Waals surface area contributed by atoms with E-state index in [1.54, 1.807) is 0 Å². The van der Waals surface area contributed by atoms with Crippen molar-refractivity contribution in [3.8, 4) is 0 Å². The largest absolute Gasteiger partial charge is 0.480 e. The lowest BCUT2D eigenvalue weighted by Crippen LogP contribution is -2.66. The Kier molecular flexibility index (Phi) is 65.6. The van der Waals surface area contributed by atoms with Crippen LogP contribution in [0, 0.1) is 0 Å². The van der Waals surface area contributed by atoms with E-state index in [2.05, 4.69) is 52.2 Å². The Balaban J connectivity index is 3.73. The lowest BCUT2D eigenvalue weighted by atomic mass is 9.95. The van der Waals surface area contributed by atoms with Crippen LogP contribution in [0.15, 0.2) is 0 Å². The third-order valence-electron chi connectivity index (χ3n) is 19.9. The molecule has 1 saturated heterocycles. The number of esters is 1. The van der Waals surface area contributed by atoms with Gasteiger partial charge in [0, 0.05) is 19.8 Å². The van der Waals surface area contributed by atoms with Gasteiger partial charge in [-0.3, -0.25) is 18.9 Å². The number of unbranched alkanes of at least 4 members (excludes halogenated alkanes) is 45. The maximum absolute atomic E-state index is 14.8. The fourth-order valence-electron chi connectivity index (χ4n) is 13.7. The minimum absolute atomic E-state index is 0.0767. The maximum Gasteiger partial charge on any atom is 0.470 e. The Morgan fingerprint density at radius 3 is 1.02 bits per heavy atom. The van der Waals surface area contributed by atoms with Crippen LogP contribution in [-0.4, -0.2) is 132 Å². The van der Waals surface area contributed by atoms with Crippen LogP contribution in [0.3, 0.4) is 0 Å². The molecule has 1 aliphatic heterocycles. The summed E-state index contributed by atoms with van der Waals surface area (Å²) in [6.07, 6.45) is 50.2. The first-order chi connectivity index (χ1) is 48.7. The first-order valence-corrected chi connectivity index (χ1v) is 43.7. The number of aliphatic hydroxyl groups excluding tert-OH is 1. The third-order valence-corrected chi connectivity index (χ3v) is 20.4. The molecule has 18 nitrogen and oxygen atoms in total. The summed E-state index contributed by atoms with van der Waals surface area (Å²) in [6.45, 7) is 13.0. The molecule has 2 amide bonds. The molecule has 0 radical (unpaired) electrons. The van der Waals surface area contributed by atoms with Crippen LogP contribution >= 0.6 is 7.82 Å². The molecule has 1 aliphatic rings. The Morgan fingerprint density at radius 1 is 0.410 bits per heavy atom. The molecule has 0 aromatic heterocycles. The van der Waals surface area contributed by atoms with Crippen LogP contribution in [-0.2, 0) is 56.7 Å². The summed E-state index contributed by atoms with van der Waals surface area (Å²) < 4.78 is 56.7. The van der Waals surface area contributed by atoms with Gasteiger partial charge < -0.3 is 59.1 Å². The van der Waals surface area contributed by atoms with Gasteiger partial charge in [-0.15, -0.1) is 0 Å². The molecule has 100 heavy (non-hydrogen) atoms. The Bertz CT molecular complexity index is 1850. The van der Waals surface area contributed by atoms with Gasteiger partial charge in [0.1, 0.15) is 18.2 Å². The zero-order valence-electron chi connectivity index (χ0n) is 65.2. The average Bonchev–Trinajstić information content (AvgIpc) is 0.781. The normalized spacial score (nSPS) is 17.7. The van der Waals surface area contributed by atoms with Gasteiger partial charge in [0.05, 0.1) is 50.8 Å². The number of hydrogen-bond acceptors (Lipinski definition) is 13. The standard InChI is InChI=1S/C81H157N2O16P/c1-7-13-19-25-31-37-40-46-52-58-69(93-61-55-49-43-34-28-22-16-10-4)64-74(85)82-72(80(88)89)68-96-81-77(83-75(86)65-70(59-53-47-41-38-32-26-20-14-8-2)94-62-56-50-44-35-29-23-17-11-5)79(78(73(67-84)97-81)99-100(90,91)92)98-76(87)66-71(60-54-48-42-39-33-27-21-15-9-3)95-63-57-51-45-36-30-24-18-12-6/h69-73,77-79,81,84H,7-68H2,1-6H3,(H,82,85)(H,83,86)(H,88,89)(H2,90,91,92). The summed E-state index contributed by atoms with van der Waals surface area (Å²) in [5.41, 5.74) is 0. The van der Waals surface area contributed by atoms with Crippen LogP contribution in [0.5, 0.6) is 0 Å². The van der Waals surface area contributed by atoms with Crippen LogP contribution in [0.2, 0.25) is 0 Å². The molecule has 19 heteroatoms. The zero-order valence-corrected chi connectivity index (χ0v) is 66.1. The molecule has 9 atom stereocenters. The summed E-state index contributed by atoms with van der Waals surface area (Å²) in [5, 5.41) is 27.3. The molecule has 0 spiro atoms. The van der Waals surface area contributed by atoms with Gasteiger partial charge in [-0.05, 0) is 38.5 Å². The van der Waals surface area contributed by atoms with E-state index in [4.69, 9.17) is 32.9 Å². The van der Waals surface area contributed by atoms with Crippen LogP contribution < -0.4 is 10.6 Å². The number of phosphoric ester groups is 1. The summed E-state index contributed by atoms with van der Waals surface area (Å²) in [7, 11) is -5.44. The first kappa shape index (κ1) is 95.8. The van der Waals surface area contributed by atoms with E-state index in [1.807, 2.05) is 0 Å². The van der Waals surface area contributed by atoms with Crippen LogP contribution in [0.25, 0.3) is 0 Å². The molecule has 0 aromatic rings. The summed E-state index contributed by atoms with van der Waals surface area (Å²) in [5.74, 6) is -3.33. The van der Waals surface area contributed by atoms with Crippen LogP contribution in [0.4, 0.5) is 0 Å². The number of carboxylic acids is 1. The van der Waals surface area contributed by atoms with E-state index in [1.165, 1.54) is 180 Å². The summed E-state index contributed by atoms with van der Waals surface area (Å²) >= 11 is 0. The molecule has 6 N–H and O–H groups in total. The fraction of sp³-hybridized carbons (Fsp3) is 0.951. The number of carbonyl (C=O) groups is 4. The highest BCUT2D eigenvalue weighted by molar-refractivity contribution is 7.46. The van der Waals surface area contributed by atoms with Crippen molar-refractivity contribution in [3.05, 3.63) is 0 Å². The zero-order chi connectivity index (χ0) is 73.2. The number of amides is 2. The molecule has 0 aliphatic carbocycles. The van der Waals surface area contributed by atoms with Crippen molar-refractivity contribution in [1.82, 2.24) is 10.6 Å². The van der Waals surface area contributed by atoms with Gasteiger partial charge in [0.15, 0.2) is 18.4 Å². The number of hydrogen-bond donors (Lipinski definition) is 6. The predicted octanol–water partition coefficient (Wildman–Crippen LogP) is 20.7. The van der Waals surface area contributed by atoms with Crippen molar-refractivity contribution in [2.45, 2.75) is 463 Å². The SMILES string of the molecule is CCCCCCCCCCCC(CC(=O)NC(COC1OC(CO)C(OP(=O)(O)O)C(OC(=O)CC(CCCCCCCCCCC)OCCCCCCCCCC)C1NC(=O)CC(CCCCCCCCCCC)OCCCCCCCCCC)C(=O)O)OCCCCCCCCCC. The molecular weight excluding hydrogens is 1290 g/mol. The molecule has 1 fully saturated rings. The van der Waals surface area contributed by atoms with E-state index in [9.17, 15) is 43.7 Å². The molecule has 9 unspecified atom stereocenters. The van der Waals surface area contributed by atoms with Gasteiger partial charge in [0.2, 0.25) is 11.8 Å². The molecule has 1 heterocycles. The smallest absolute Gasteiger partial charge is 0.470 e. The second kappa shape index (κ2) is 68.6. The van der Waals surface area contributed by atoms with E-state index in [-0.39, 0.29) is 19.3 Å². The minimum Gasteiger partial charge on any atom is -0.480 e. The number of ether oxygens (including phenoxy) is 6. The summed E-state index contributed by atoms with van der Waals surface area (Å²) in [6, 6.07) is -3.22. The van der Waals surface area contributed by atoms with E-state index >= 15 is 0 Å². The molecule has 0 saturated carbocycles. The van der Waals surface area contributed by atoms with E-state index in [0.29, 0.717) is 39.1 Å². The van der Waals surface area contributed by atoms with Crippen molar-refractivity contribution in [3.63, 3.8) is 0 Å². The van der Waals surface area contributed by atoms with Gasteiger partial charge in [0.25, 0.3) is 0 Å². The van der Waals surface area contributed by atoms with Crippen LogP contribution in [0.1, 0.15) is 408 Å². The first-order valence-electron chi connectivity index (χ1n) is 42.1. The van der Waals surface area contributed by atoms with Gasteiger partial charge in [-0.25, -0.2) is 9.36 Å².